The lowest BCUT2D eigenvalue weighted by Crippen LogP contribution is -2.30. The van der Waals surface area contributed by atoms with Crippen molar-refractivity contribution in [2.45, 2.75) is 37.5 Å². The zero-order chi connectivity index (χ0) is 13.5. The van der Waals surface area contributed by atoms with E-state index >= 15 is 0 Å². The molecule has 1 aromatic heterocycles. The Morgan fingerprint density at radius 1 is 1.20 bits per heavy atom. The summed E-state index contributed by atoms with van der Waals surface area (Å²) in [6.45, 7) is 0. The van der Waals surface area contributed by atoms with E-state index in [1.807, 2.05) is 35.1 Å². The summed E-state index contributed by atoms with van der Waals surface area (Å²) in [5.41, 5.74) is 8.67. The van der Waals surface area contributed by atoms with Gasteiger partial charge < -0.3 is 10.5 Å². The smallest absolute Gasteiger partial charge is 0.0649 e. The molecule has 2 aliphatic rings. The molecule has 2 aliphatic heterocycles. The SMILES string of the molecule is NC(c1ccnn1-c1ccccc1)C1CC2CCC1O2. The van der Waals surface area contributed by atoms with Crippen molar-refractivity contribution in [1.29, 1.82) is 0 Å². The lowest BCUT2D eigenvalue weighted by Gasteiger charge is -2.25. The quantitative estimate of drug-likeness (QED) is 0.931. The van der Waals surface area contributed by atoms with Gasteiger partial charge >= 0.3 is 0 Å². The van der Waals surface area contributed by atoms with Gasteiger partial charge in [-0.3, -0.25) is 0 Å². The number of hydrogen-bond donors (Lipinski definition) is 1. The molecule has 4 unspecified atom stereocenters. The van der Waals surface area contributed by atoms with E-state index in [-0.39, 0.29) is 6.04 Å². The second-order valence-electron chi connectivity index (χ2n) is 5.80. The van der Waals surface area contributed by atoms with Crippen LogP contribution in [0, 0.1) is 5.92 Å². The summed E-state index contributed by atoms with van der Waals surface area (Å²) in [5.74, 6) is 0.424. The summed E-state index contributed by atoms with van der Waals surface area (Å²) in [6.07, 6.45) is 6.05. The third-order valence-electron chi connectivity index (χ3n) is 4.63. The Kier molecular flexibility index (Phi) is 2.86. The van der Waals surface area contributed by atoms with Crippen LogP contribution in [0.1, 0.15) is 31.0 Å². The number of nitrogens with zero attached hydrogens (tertiary/aromatic N) is 2. The van der Waals surface area contributed by atoms with Gasteiger partial charge in [0, 0.05) is 12.1 Å². The largest absolute Gasteiger partial charge is 0.375 e. The molecule has 0 spiro atoms. The Hall–Kier alpha value is -1.65. The van der Waals surface area contributed by atoms with E-state index in [1.165, 1.54) is 6.42 Å². The zero-order valence-electron chi connectivity index (χ0n) is 11.4. The first-order valence-corrected chi connectivity index (χ1v) is 7.33. The predicted molar refractivity (Wildman–Crippen MR) is 76.5 cm³/mol. The van der Waals surface area contributed by atoms with Crippen LogP contribution in [0.5, 0.6) is 0 Å². The number of ether oxygens (including phenoxy) is 1. The second kappa shape index (κ2) is 4.72. The lowest BCUT2D eigenvalue weighted by atomic mass is 9.83. The van der Waals surface area contributed by atoms with Gasteiger partial charge in [-0.25, -0.2) is 4.68 Å². The minimum atomic E-state index is -0.00648. The number of benzene rings is 1. The topological polar surface area (TPSA) is 53.1 Å². The number of aromatic nitrogens is 2. The van der Waals surface area contributed by atoms with E-state index in [9.17, 15) is 0 Å². The van der Waals surface area contributed by atoms with E-state index in [0.717, 1.165) is 24.2 Å². The van der Waals surface area contributed by atoms with Crippen molar-refractivity contribution < 1.29 is 4.74 Å². The third kappa shape index (κ3) is 1.87. The highest BCUT2D eigenvalue weighted by atomic mass is 16.5. The standard InChI is InChI=1S/C16H19N3O/c17-16(13-10-12-6-7-15(13)20-12)14-8-9-18-19(14)11-4-2-1-3-5-11/h1-5,8-9,12-13,15-16H,6-7,10,17H2. The molecule has 0 aliphatic carbocycles. The predicted octanol–water partition coefficient (Wildman–Crippen LogP) is 2.44. The molecule has 4 atom stereocenters. The van der Waals surface area contributed by atoms with Crippen LogP contribution in [0.25, 0.3) is 5.69 Å². The molecule has 1 aromatic carbocycles. The molecule has 2 saturated heterocycles. The van der Waals surface area contributed by atoms with Crippen molar-refractivity contribution >= 4 is 0 Å². The highest BCUT2D eigenvalue weighted by molar-refractivity contribution is 5.33. The van der Waals surface area contributed by atoms with Crippen LogP contribution < -0.4 is 5.73 Å². The first-order chi connectivity index (χ1) is 9.83. The summed E-state index contributed by atoms with van der Waals surface area (Å²) in [5, 5.41) is 4.44. The third-order valence-corrected chi connectivity index (χ3v) is 4.63. The fourth-order valence-electron chi connectivity index (χ4n) is 3.63. The van der Waals surface area contributed by atoms with Crippen LogP contribution in [0.15, 0.2) is 42.6 Å². The van der Waals surface area contributed by atoms with Crippen molar-refractivity contribution in [2.75, 3.05) is 0 Å². The summed E-state index contributed by atoms with van der Waals surface area (Å²) < 4.78 is 7.89. The molecule has 2 fully saturated rings. The van der Waals surface area contributed by atoms with Crippen molar-refractivity contribution in [1.82, 2.24) is 9.78 Å². The minimum Gasteiger partial charge on any atom is -0.375 e. The van der Waals surface area contributed by atoms with E-state index in [2.05, 4.69) is 17.2 Å². The van der Waals surface area contributed by atoms with Crippen LogP contribution in [-0.4, -0.2) is 22.0 Å². The zero-order valence-corrected chi connectivity index (χ0v) is 11.4. The molecular weight excluding hydrogens is 250 g/mol. The Labute approximate surface area is 118 Å². The van der Waals surface area contributed by atoms with Gasteiger partial charge in [0.05, 0.1) is 29.6 Å². The normalized spacial score (nSPS) is 29.8. The molecule has 4 rings (SSSR count). The molecule has 104 valence electrons. The number of fused-ring (bicyclic) bond motifs is 2. The molecule has 0 radical (unpaired) electrons. The minimum absolute atomic E-state index is 0.00648. The van der Waals surface area contributed by atoms with Crippen LogP contribution in [0.2, 0.25) is 0 Å². The average Bonchev–Trinajstić information content (AvgIpc) is 3.23. The van der Waals surface area contributed by atoms with Gasteiger partial charge in [0.15, 0.2) is 0 Å². The van der Waals surface area contributed by atoms with Gasteiger partial charge in [-0.15, -0.1) is 0 Å². The maximum absolute atomic E-state index is 6.53. The van der Waals surface area contributed by atoms with Crippen molar-refractivity contribution in [3.8, 4) is 5.69 Å². The number of rotatable bonds is 3. The molecule has 0 saturated carbocycles. The summed E-state index contributed by atoms with van der Waals surface area (Å²) in [4.78, 5) is 0. The summed E-state index contributed by atoms with van der Waals surface area (Å²) >= 11 is 0. The van der Waals surface area contributed by atoms with Crippen LogP contribution in [0.4, 0.5) is 0 Å². The molecular formula is C16H19N3O. The van der Waals surface area contributed by atoms with Gasteiger partial charge in [0.25, 0.3) is 0 Å². The molecule has 2 aromatic rings. The highest BCUT2D eigenvalue weighted by Gasteiger charge is 2.44. The second-order valence-corrected chi connectivity index (χ2v) is 5.80. The molecule has 0 amide bonds. The lowest BCUT2D eigenvalue weighted by molar-refractivity contribution is 0.0881. The summed E-state index contributed by atoms with van der Waals surface area (Å²) in [6, 6.07) is 12.2. The van der Waals surface area contributed by atoms with Crippen LogP contribution in [-0.2, 0) is 4.74 Å². The first-order valence-electron chi connectivity index (χ1n) is 7.33. The van der Waals surface area contributed by atoms with Crippen molar-refractivity contribution in [3.05, 3.63) is 48.3 Å². The van der Waals surface area contributed by atoms with Crippen molar-refractivity contribution in [3.63, 3.8) is 0 Å². The van der Waals surface area contributed by atoms with Crippen LogP contribution >= 0.6 is 0 Å². The molecule has 2 N–H and O–H groups in total. The summed E-state index contributed by atoms with van der Waals surface area (Å²) in [7, 11) is 0. The highest BCUT2D eigenvalue weighted by Crippen LogP contribution is 2.43. The van der Waals surface area contributed by atoms with E-state index in [4.69, 9.17) is 10.5 Å². The molecule has 3 heterocycles. The monoisotopic (exact) mass is 269 g/mol. The molecule has 20 heavy (non-hydrogen) atoms. The van der Waals surface area contributed by atoms with E-state index < -0.39 is 0 Å². The van der Waals surface area contributed by atoms with Crippen LogP contribution in [0.3, 0.4) is 0 Å². The molecule has 4 heteroatoms. The number of hydrogen-bond acceptors (Lipinski definition) is 3. The fourth-order valence-corrected chi connectivity index (χ4v) is 3.63. The maximum Gasteiger partial charge on any atom is 0.0649 e. The Balaban J connectivity index is 1.65. The fraction of sp³-hybridized carbons (Fsp3) is 0.438. The first kappa shape index (κ1) is 12.1. The number of para-hydroxylation sites is 1. The average molecular weight is 269 g/mol. The number of nitrogens with two attached hydrogens (primary N) is 1. The van der Waals surface area contributed by atoms with Crippen molar-refractivity contribution in [2.24, 2.45) is 11.7 Å². The maximum atomic E-state index is 6.53. The van der Waals surface area contributed by atoms with E-state index in [0.29, 0.717) is 18.1 Å². The van der Waals surface area contributed by atoms with E-state index in [1.54, 1.807) is 0 Å². The Morgan fingerprint density at radius 3 is 2.75 bits per heavy atom. The van der Waals surface area contributed by atoms with Gasteiger partial charge in [0.2, 0.25) is 0 Å². The van der Waals surface area contributed by atoms with Gasteiger partial charge in [-0.1, -0.05) is 18.2 Å². The molecule has 4 nitrogen and oxygen atoms in total. The van der Waals surface area contributed by atoms with Gasteiger partial charge in [-0.05, 0) is 37.5 Å². The van der Waals surface area contributed by atoms with Gasteiger partial charge in [0.1, 0.15) is 0 Å². The molecule has 2 bridgehead atoms. The van der Waals surface area contributed by atoms with Gasteiger partial charge in [-0.2, -0.15) is 5.10 Å². The Morgan fingerprint density at radius 2 is 2.05 bits per heavy atom. The Bertz CT molecular complexity index is 595.